The van der Waals surface area contributed by atoms with Crippen LogP contribution in [0.2, 0.25) is 0 Å². The molecule has 3 rings (SSSR count). The van der Waals surface area contributed by atoms with Crippen LogP contribution in [0.3, 0.4) is 0 Å². The number of fused-ring (bicyclic) bond motifs is 1. The molecule has 1 saturated heterocycles. The van der Waals surface area contributed by atoms with Gasteiger partial charge in [-0.15, -0.1) is 0 Å². The van der Waals surface area contributed by atoms with Crippen LogP contribution in [0, 0.1) is 0 Å². The third-order valence-electron chi connectivity index (χ3n) is 5.73. The lowest BCUT2D eigenvalue weighted by molar-refractivity contribution is 0.233. The van der Waals surface area contributed by atoms with E-state index in [0.29, 0.717) is 12.1 Å². The lowest BCUT2D eigenvalue weighted by Gasteiger charge is -2.38. The Morgan fingerprint density at radius 2 is 1.59 bits per heavy atom. The van der Waals surface area contributed by atoms with Crippen LogP contribution in [0.4, 0.5) is 0 Å². The van der Waals surface area contributed by atoms with E-state index in [-0.39, 0.29) is 6.04 Å². The smallest absolute Gasteiger partial charge is 0.270 e. The molecule has 0 bridgehead atoms. The molecule has 0 amide bonds. The van der Waals surface area contributed by atoms with E-state index in [1.165, 1.54) is 31.2 Å². The van der Waals surface area contributed by atoms with Gasteiger partial charge < -0.3 is 0 Å². The first kappa shape index (κ1) is 16.2. The molecule has 2 aliphatic rings. The van der Waals surface area contributed by atoms with Crippen LogP contribution in [0.1, 0.15) is 44.2 Å². The van der Waals surface area contributed by atoms with Crippen LogP contribution < -0.4 is 0 Å². The Bertz CT molecular complexity index is 542. The van der Waals surface area contributed by atoms with E-state index >= 15 is 0 Å². The summed E-state index contributed by atoms with van der Waals surface area (Å²) in [6, 6.07) is 11.4. The third kappa shape index (κ3) is 2.37. The van der Waals surface area contributed by atoms with E-state index in [0.717, 1.165) is 0 Å². The van der Waals surface area contributed by atoms with Gasteiger partial charge in [0.2, 0.25) is 0 Å². The number of benzene rings is 1. The van der Waals surface area contributed by atoms with E-state index in [1.807, 2.05) is 13.1 Å². The zero-order chi connectivity index (χ0) is 15.9. The molecule has 1 aromatic rings. The molecule has 0 N–H and O–H groups in total. The summed E-state index contributed by atoms with van der Waals surface area (Å²) in [6.45, 7) is 2.15. The van der Waals surface area contributed by atoms with Crippen molar-refractivity contribution in [3.8, 4) is 0 Å². The van der Waals surface area contributed by atoms with E-state index in [4.69, 9.17) is 0 Å². The molecule has 1 aliphatic heterocycles. The van der Waals surface area contributed by atoms with Gasteiger partial charge in [0.1, 0.15) is 0 Å². The van der Waals surface area contributed by atoms with E-state index in [9.17, 15) is 4.57 Å². The lowest BCUT2D eigenvalue weighted by atomic mass is 9.91. The highest BCUT2D eigenvalue weighted by Crippen LogP contribution is 2.65. The fourth-order valence-corrected chi connectivity index (χ4v) is 7.42. The van der Waals surface area contributed by atoms with Gasteiger partial charge in [-0.1, -0.05) is 43.2 Å². The number of hydrogen-bond acceptors (Lipinski definition) is 1. The summed E-state index contributed by atoms with van der Waals surface area (Å²) >= 11 is 0. The summed E-state index contributed by atoms with van der Waals surface area (Å²) in [5.41, 5.74) is 1.22. The maximum atomic E-state index is 13.9. The molecule has 1 aromatic carbocycles. The Morgan fingerprint density at radius 1 is 1.09 bits per heavy atom. The normalized spacial score (nSPS) is 30.4. The first-order valence-electron chi connectivity index (χ1n) is 8.33. The molecule has 0 aromatic heterocycles. The van der Waals surface area contributed by atoms with Crippen LogP contribution in [0.15, 0.2) is 30.3 Å². The number of likely N-dealkylation sites (N-methyl/N-ethyl adjacent to an activating group) is 2. The minimum atomic E-state index is -2.67. The Hall–Kier alpha value is -0.670. The number of rotatable bonds is 3. The molecular formula is C17H28N3OP. The Kier molecular flexibility index (Phi) is 4.48. The van der Waals surface area contributed by atoms with Gasteiger partial charge >= 0.3 is 0 Å². The summed E-state index contributed by atoms with van der Waals surface area (Å²) in [5.74, 6) is 0. The average molecular weight is 321 g/mol. The van der Waals surface area contributed by atoms with Gasteiger partial charge in [0.15, 0.2) is 0 Å². The second-order valence-corrected chi connectivity index (χ2v) is 9.66. The Balaban J connectivity index is 1.90. The molecule has 0 spiro atoms. The molecule has 1 aliphatic carbocycles. The monoisotopic (exact) mass is 321 g/mol. The second kappa shape index (κ2) is 6.09. The second-order valence-electron chi connectivity index (χ2n) is 6.74. The molecule has 2 fully saturated rings. The van der Waals surface area contributed by atoms with Crippen molar-refractivity contribution in [1.82, 2.24) is 14.0 Å². The predicted molar refractivity (Wildman–Crippen MR) is 91.8 cm³/mol. The van der Waals surface area contributed by atoms with E-state index in [1.54, 1.807) is 0 Å². The number of nitrogens with zero attached hydrogens (tertiary/aromatic N) is 3. The summed E-state index contributed by atoms with van der Waals surface area (Å²) in [4.78, 5) is 0. The van der Waals surface area contributed by atoms with Crippen LogP contribution >= 0.6 is 7.59 Å². The highest BCUT2D eigenvalue weighted by atomic mass is 31.2. The largest absolute Gasteiger partial charge is 0.287 e. The standard InChI is InChI=1S/C17H28N3OP/c1-14(15-10-6-5-7-11-15)18(2)22(21)19(3)16-12-8-9-13-17(16)20(22)4/h5-7,10-11,14,16-17H,8-9,12-13H2,1-4H3/t14?,16-,17-/m1/s1. The Morgan fingerprint density at radius 3 is 2.09 bits per heavy atom. The first-order valence-corrected chi connectivity index (χ1v) is 9.89. The first-order chi connectivity index (χ1) is 10.5. The van der Waals surface area contributed by atoms with Gasteiger partial charge in [-0.2, -0.15) is 0 Å². The molecule has 0 radical (unpaired) electrons. The zero-order valence-corrected chi connectivity index (χ0v) is 15.0. The summed E-state index contributed by atoms with van der Waals surface area (Å²) in [5, 5.41) is 0. The molecule has 1 heterocycles. The van der Waals surface area contributed by atoms with Crippen molar-refractivity contribution in [1.29, 1.82) is 0 Å². The van der Waals surface area contributed by atoms with Crippen LogP contribution in [-0.2, 0) is 4.57 Å². The topological polar surface area (TPSA) is 26.8 Å². The van der Waals surface area contributed by atoms with E-state index in [2.05, 4.69) is 59.3 Å². The molecule has 4 nitrogen and oxygen atoms in total. The average Bonchev–Trinajstić information content (AvgIpc) is 2.77. The molecule has 3 atom stereocenters. The van der Waals surface area contributed by atoms with Crippen molar-refractivity contribution in [2.24, 2.45) is 0 Å². The molecular weight excluding hydrogens is 293 g/mol. The van der Waals surface area contributed by atoms with Crippen molar-refractivity contribution in [3.63, 3.8) is 0 Å². The molecule has 22 heavy (non-hydrogen) atoms. The van der Waals surface area contributed by atoms with Crippen molar-refractivity contribution >= 4 is 7.59 Å². The van der Waals surface area contributed by atoms with Gasteiger partial charge in [-0.25, -0.2) is 14.0 Å². The molecule has 5 heteroatoms. The van der Waals surface area contributed by atoms with Gasteiger partial charge in [-0.05, 0) is 46.5 Å². The predicted octanol–water partition coefficient (Wildman–Crippen LogP) is 3.98. The highest BCUT2D eigenvalue weighted by Gasteiger charge is 2.54. The van der Waals surface area contributed by atoms with Gasteiger partial charge in [0.05, 0.1) is 0 Å². The number of hydrogen-bond donors (Lipinski definition) is 0. The van der Waals surface area contributed by atoms with Crippen LogP contribution in [0.5, 0.6) is 0 Å². The van der Waals surface area contributed by atoms with E-state index < -0.39 is 7.59 Å². The van der Waals surface area contributed by atoms with Crippen molar-refractivity contribution in [2.45, 2.75) is 50.7 Å². The maximum Gasteiger partial charge on any atom is 0.287 e. The Labute approximate surface area is 134 Å². The maximum absolute atomic E-state index is 13.9. The lowest BCUT2D eigenvalue weighted by Crippen LogP contribution is -2.37. The van der Waals surface area contributed by atoms with Crippen molar-refractivity contribution in [2.75, 3.05) is 21.1 Å². The fraction of sp³-hybridized carbons (Fsp3) is 0.647. The van der Waals surface area contributed by atoms with Gasteiger partial charge in [0, 0.05) is 18.1 Å². The fourth-order valence-electron chi connectivity index (χ4n) is 4.19. The van der Waals surface area contributed by atoms with Crippen LogP contribution in [0.25, 0.3) is 0 Å². The minimum Gasteiger partial charge on any atom is -0.270 e. The molecule has 1 saturated carbocycles. The van der Waals surface area contributed by atoms with Gasteiger partial charge in [0.25, 0.3) is 7.59 Å². The summed E-state index contributed by atoms with van der Waals surface area (Å²) < 4.78 is 20.4. The quantitative estimate of drug-likeness (QED) is 0.787. The van der Waals surface area contributed by atoms with Crippen molar-refractivity contribution in [3.05, 3.63) is 35.9 Å². The minimum absolute atomic E-state index is 0.136. The van der Waals surface area contributed by atoms with Gasteiger partial charge in [-0.3, -0.25) is 4.57 Å². The highest BCUT2D eigenvalue weighted by molar-refractivity contribution is 7.56. The summed E-state index contributed by atoms with van der Waals surface area (Å²) in [7, 11) is 3.46. The van der Waals surface area contributed by atoms with Crippen LogP contribution in [-0.4, -0.2) is 47.2 Å². The zero-order valence-electron chi connectivity index (χ0n) is 14.1. The molecule has 122 valence electrons. The molecule has 1 unspecified atom stereocenters. The third-order valence-corrected chi connectivity index (χ3v) is 9.13. The van der Waals surface area contributed by atoms with Crippen molar-refractivity contribution < 1.29 is 4.57 Å². The summed E-state index contributed by atoms with van der Waals surface area (Å²) in [6.07, 6.45) is 4.86. The SMILES string of the molecule is CC(c1ccccc1)N(C)P1(=O)N(C)[C@@H]2CCCC[C@H]2N1C.